The van der Waals surface area contributed by atoms with Crippen molar-refractivity contribution in [2.75, 3.05) is 0 Å². The zero-order valence-corrected chi connectivity index (χ0v) is 15.0. The summed E-state index contributed by atoms with van der Waals surface area (Å²) in [6, 6.07) is 25.7. The molecule has 2 heteroatoms. The number of rotatable bonds is 2. The second kappa shape index (κ2) is 5.85. The SMILES string of the molecule is Cc1cc2c(-c3ccccc3)c(-c3ccccc3)[nH]c2cc1I. The molecule has 0 amide bonds. The predicted octanol–water partition coefficient (Wildman–Crippen LogP) is 6.41. The van der Waals surface area contributed by atoms with E-state index in [1.54, 1.807) is 0 Å². The molecule has 0 bridgehead atoms. The number of hydrogen-bond donors (Lipinski definition) is 1. The average Bonchev–Trinajstić information content (AvgIpc) is 2.95. The number of aromatic nitrogens is 1. The molecule has 0 aliphatic rings. The van der Waals surface area contributed by atoms with Gasteiger partial charge < -0.3 is 4.98 Å². The van der Waals surface area contributed by atoms with Gasteiger partial charge in [0.2, 0.25) is 0 Å². The Morgan fingerprint density at radius 3 is 2.04 bits per heavy atom. The Morgan fingerprint density at radius 2 is 1.39 bits per heavy atom. The van der Waals surface area contributed by atoms with Crippen molar-refractivity contribution in [1.82, 2.24) is 4.98 Å². The van der Waals surface area contributed by atoms with E-state index in [9.17, 15) is 0 Å². The van der Waals surface area contributed by atoms with E-state index in [2.05, 4.69) is 107 Å². The van der Waals surface area contributed by atoms with Crippen LogP contribution in [0.5, 0.6) is 0 Å². The highest BCUT2D eigenvalue weighted by atomic mass is 127. The van der Waals surface area contributed by atoms with Gasteiger partial charge in [-0.15, -0.1) is 0 Å². The highest BCUT2D eigenvalue weighted by Crippen LogP contribution is 2.39. The highest BCUT2D eigenvalue weighted by molar-refractivity contribution is 14.1. The van der Waals surface area contributed by atoms with Gasteiger partial charge >= 0.3 is 0 Å². The minimum absolute atomic E-state index is 1.19. The summed E-state index contributed by atoms with van der Waals surface area (Å²) in [5, 5.41) is 1.29. The average molecular weight is 409 g/mol. The molecule has 0 aliphatic heterocycles. The molecule has 1 heterocycles. The van der Waals surface area contributed by atoms with Crippen LogP contribution in [0.2, 0.25) is 0 Å². The zero-order chi connectivity index (χ0) is 15.8. The van der Waals surface area contributed by atoms with Crippen molar-refractivity contribution in [1.29, 1.82) is 0 Å². The Bertz CT molecular complexity index is 969. The molecule has 1 aromatic heterocycles. The van der Waals surface area contributed by atoms with E-state index in [0.717, 1.165) is 0 Å². The first-order valence-corrected chi connectivity index (χ1v) is 8.74. The fourth-order valence-electron chi connectivity index (χ4n) is 3.05. The van der Waals surface area contributed by atoms with Crippen LogP contribution in [-0.4, -0.2) is 4.98 Å². The van der Waals surface area contributed by atoms with Crippen LogP contribution in [-0.2, 0) is 0 Å². The van der Waals surface area contributed by atoms with Crippen LogP contribution < -0.4 is 0 Å². The largest absolute Gasteiger partial charge is 0.354 e. The molecule has 4 aromatic rings. The summed E-state index contributed by atoms with van der Waals surface area (Å²) in [5.41, 5.74) is 7.44. The smallest absolute Gasteiger partial charge is 0.0544 e. The van der Waals surface area contributed by atoms with Crippen molar-refractivity contribution >= 4 is 33.5 Å². The molecular weight excluding hydrogens is 393 g/mol. The van der Waals surface area contributed by atoms with E-state index in [1.807, 2.05) is 0 Å². The molecule has 1 nitrogen and oxygen atoms in total. The Kier molecular flexibility index (Phi) is 3.69. The van der Waals surface area contributed by atoms with E-state index < -0.39 is 0 Å². The number of fused-ring (bicyclic) bond motifs is 1. The maximum Gasteiger partial charge on any atom is 0.0544 e. The Balaban J connectivity index is 2.09. The summed E-state index contributed by atoms with van der Waals surface area (Å²) < 4.78 is 1.29. The lowest BCUT2D eigenvalue weighted by molar-refractivity contribution is 1.42. The van der Waals surface area contributed by atoms with Crippen molar-refractivity contribution in [2.24, 2.45) is 0 Å². The van der Waals surface area contributed by atoms with E-state index in [0.29, 0.717) is 0 Å². The minimum atomic E-state index is 1.19. The summed E-state index contributed by atoms with van der Waals surface area (Å²) >= 11 is 2.40. The van der Waals surface area contributed by atoms with Crippen LogP contribution in [0, 0.1) is 10.5 Å². The minimum Gasteiger partial charge on any atom is -0.354 e. The zero-order valence-electron chi connectivity index (χ0n) is 12.8. The number of aryl methyl sites for hydroxylation is 1. The first-order valence-electron chi connectivity index (χ1n) is 7.67. The quantitative estimate of drug-likeness (QED) is 0.368. The molecule has 4 rings (SSSR count). The summed E-state index contributed by atoms with van der Waals surface area (Å²) in [7, 11) is 0. The Morgan fingerprint density at radius 1 is 0.783 bits per heavy atom. The fraction of sp³-hybridized carbons (Fsp3) is 0.0476. The van der Waals surface area contributed by atoms with Gasteiger partial charge in [-0.1, -0.05) is 60.7 Å². The lowest BCUT2D eigenvalue weighted by Crippen LogP contribution is -1.82. The van der Waals surface area contributed by atoms with Crippen molar-refractivity contribution < 1.29 is 0 Å². The maximum atomic E-state index is 3.64. The number of benzene rings is 3. The lowest BCUT2D eigenvalue weighted by Gasteiger charge is -2.06. The van der Waals surface area contributed by atoms with Gasteiger partial charge in [-0.05, 0) is 58.3 Å². The van der Waals surface area contributed by atoms with Crippen LogP contribution in [0.15, 0.2) is 72.8 Å². The van der Waals surface area contributed by atoms with Crippen LogP contribution in [0.1, 0.15) is 5.56 Å². The van der Waals surface area contributed by atoms with Crippen LogP contribution in [0.25, 0.3) is 33.3 Å². The van der Waals surface area contributed by atoms with Gasteiger partial charge in [-0.3, -0.25) is 0 Å². The molecule has 0 aliphatic carbocycles. The Labute approximate surface area is 149 Å². The van der Waals surface area contributed by atoms with Crippen LogP contribution >= 0.6 is 22.6 Å². The summed E-state index contributed by atoms with van der Waals surface area (Å²) in [4.78, 5) is 3.64. The molecule has 0 spiro atoms. The molecule has 3 aromatic carbocycles. The first-order chi connectivity index (χ1) is 11.2. The molecule has 0 radical (unpaired) electrons. The van der Waals surface area contributed by atoms with Gasteiger partial charge in [0, 0.05) is 20.0 Å². The molecule has 112 valence electrons. The summed E-state index contributed by atoms with van der Waals surface area (Å²) in [5.74, 6) is 0. The molecule has 0 saturated heterocycles. The van der Waals surface area contributed by atoms with Gasteiger partial charge in [0.25, 0.3) is 0 Å². The van der Waals surface area contributed by atoms with Crippen molar-refractivity contribution in [2.45, 2.75) is 6.92 Å². The number of H-pyrrole nitrogens is 1. The van der Waals surface area contributed by atoms with Crippen LogP contribution in [0.4, 0.5) is 0 Å². The van der Waals surface area contributed by atoms with E-state index in [-0.39, 0.29) is 0 Å². The van der Waals surface area contributed by atoms with Gasteiger partial charge in [-0.2, -0.15) is 0 Å². The third-order valence-electron chi connectivity index (χ3n) is 4.20. The second-order valence-electron chi connectivity index (χ2n) is 5.75. The Hall–Kier alpha value is -2.07. The number of nitrogens with one attached hydrogen (secondary N) is 1. The molecule has 1 N–H and O–H groups in total. The lowest BCUT2D eigenvalue weighted by atomic mass is 9.98. The predicted molar refractivity (Wildman–Crippen MR) is 107 cm³/mol. The summed E-state index contributed by atoms with van der Waals surface area (Å²) in [6.45, 7) is 2.17. The fourth-order valence-corrected chi connectivity index (χ4v) is 3.52. The highest BCUT2D eigenvalue weighted by Gasteiger charge is 2.15. The van der Waals surface area contributed by atoms with Gasteiger partial charge in [-0.25, -0.2) is 0 Å². The molecule has 0 atom stereocenters. The van der Waals surface area contributed by atoms with Crippen molar-refractivity contribution in [3.63, 3.8) is 0 Å². The molecule has 0 fully saturated rings. The third kappa shape index (κ3) is 2.57. The van der Waals surface area contributed by atoms with Crippen LogP contribution in [0.3, 0.4) is 0 Å². The molecule has 0 saturated carbocycles. The normalized spacial score (nSPS) is 11.0. The number of halogens is 1. The molecular formula is C21H16IN. The van der Waals surface area contributed by atoms with E-state index >= 15 is 0 Å². The third-order valence-corrected chi connectivity index (χ3v) is 5.36. The molecule has 0 unspecified atom stereocenters. The van der Waals surface area contributed by atoms with Crippen molar-refractivity contribution in [3.8, 4) is 22.4 Å². The summed E-state index contributed by atoms with van der Waals surface area (Å²) in [6.07, 6.45) is 0. The van der Waals surface area contributed by atoms with E-state index in [4.69, 9.17) is 0 Å². The monoisotopic (exact) mass is 409 g/mol. The second-order valence-corrected chi connectivity index (χ2v) is 6.92. The van der Waals surface area contributed by atoms with Gasteiger partial charge in [0.15, 0.2) is 0 Å². The molecule has 23 heavy (non-hydrogen) atoms. The number of aromatic amines is 1. The van der Waals surface area contributed by atoms with E-state index in [1.165, 1.54) is 42.4 Å². The van der Waals surface area contributed by atoms with Crippen molar-refractivity contribution in [3.05, 3.63) is 81.9 Å². The van der Waals surface area contributed by atoms with Gasteiger partial charge in [0.05, 0.1) is 5.69 Å². The topological polar surface area (TPSA) is 15.8 Å². The van der Waals surface area contributed by atoms with Gasteiger partial charge in [0.1, 0.15) is 0 Å². The standard InChI is InChI=1S/C21H16IN/c1-14-12-17-19(13-18(14)22)23-21(16-10-6-3-7-11-16)20(17)15-8-4-2-5-9-15/h2-13,23H,1H3. The number of hydrogen-bond acceptors (Lipinski definition) is 0. The maximum absolute atomic E-state index is 3.64. The first kappa shape index (κ1) is 14.5.